The summed E-state index contributed by atoms with van der Waals surface area (Å²) >= 11 is 0. The number of alkyl halides is 5. The van der Waals surface area contributed by atoms with Crippen molar-refractivity contribution in [3.05, 3.63) is 11.4 Å². The number of aromatic carboxylic acids is 1. The average Bonchev–Trinajstić information content (AvgIpc) is 2.60. The Labute approximate surface area is 95.6 Å². The molecule has 1 heterocycles. The van der Waals surface area contributed by atoms with Crippen LogP contribution in [0.25, 0.3) is 0 Å². The van der Waals surface area contributed by atoms with E-state index in [-0.39, 0.29) is 4.68 Å². The number of carbonyl (C=O) groups is 1. The van der Waals surface area contributed by atoms with Crippen molar-refractivity contribution in [1.82, 2.24) is 15.0 Å². The van der Waals surface area contributed by atoms with Crippen LogP contribution in [-0.4, -0.2) is 43.7 Å². The van der Waals surface area contributed by atoms with Crippen LogP contribution < -0.4 is 0 Å². The fraction of sp³-hybridized carbons (Fsp3) is 0.571. The second-order valence-corrected chi connectivity index (χ2v) is 3.26. The molecule has 2 N–H and O–H groups in total. The van der Waals surface area contributed by atoms with Crippen LogP contribution in [0, 0.1) is 0 Å². The molecule has 0 atom stereocenters. The van der Waals surface area contributed by atoms with Gasteiger partial charge in [0.25, 0.3) is 5.92 Å². The molecule has 102 valence electrons. The van der Waals surface area contributed by atoms with Crippen LogP contribution in [-0.2, 0) is 12.7 Å². The molecule has 6 nitrogen and oxygen atoms in total. The second-order valence-electron chi connectivity index (χ2n) is 3.26. The summed E-state index contributed by atoms with van der Waals surface area (Å²) in [4.78, 5) is 10.5. The Hall–Kier alpha value is -1.78. The lowest BCUT2D eigenvalue weighted by Gasteiger charge is -2.15. The molecule has 0 unspecified atom stereocenters. The molecule has 0 aliphatic rings. The third kappa shape index (κ3) is 2.91. The van der Waals surface area contributed by atoms with Crippen LogP contribution in [0.1, 0.15) is 16.2 Å². The van der Waals surface area contributed by atoms with E-state index in [1.54, 1.807) is 0 Å². The van der Waals surface area contributed by atoms with Gasteiger partial charge in [0, 0.05) is 0 Å². The predicted octanol–water partition coefficient (Wildman–Crippen LogP) is 0.623. The number of halogens is 5. The van der Waals surface area contributed by atoms with Gasteiger partial charge in [-0.15, -0.1) is 5.10 Å². The highest BCUT2D eigenvalue weighted by Gasteiger charge is 2.43. The van der Waals surface area contributed by atoms with Gasteiger partial charge in [0.1, 0.15) is 13.2 Å². The van der Waals surface area contributed by atoms with Gasteiger partial charge in [-0.1, -0.05) is 5.21 Å². The summed E-state index contributed by atoms with van der Waals surface area (Å²) in [6.45, 7) is -3.33. The van der Waals surface area contributed by atoms with E-state index in [1.165, 1.54) is 0 Å². The third-order valence-electron chi connectivity index (χ3n) is 1.82. The van der Waals surface area contributed by atoms with E-state index in [2.05, 4.69) is 10.3 Å². The number of hydrogen-bond acceptors (Lipinski definition) is 4. The topological polar surface area (TPSA) is 88.2 Å². The Bertz CT molecular complexity index is 456. The standard InChI is InChI=1S/C7H6F5N3O3/c8-6(9,2-16)1-15-4(7(10,11)12)3(5(17)18)13-14-15/h16H,1-2H2,(H,17,18). The molecule has 0 bridgehead atoms. The fourth-order valence-electron chi connectivity index (χ4n) is 1.12. The van der Waals surface area contributed by atoms with Crippen LogP contribution in [0.2, 0.25) is 0 Å². The Morgan fingerprint density at radius 2 is 1.83 bits per heavy atom. The quantitative estimate of drug-likeness (QED) is 0.786. The molecule has 0 aliphatic heterocycles. The van der Waals surface area contributed by atoms with E-state index >= 15 is 0 Å². The average molecular weight is 275 g/mol. The number of aromatic nitrogens is 3. The minimum Gasteiger partial charge on any atom is -0.476 e. The summed E-state index contributed by atoms with van der Waals surface area (Å²) in [7, 11) is 0. The van der Waals surface area contributed by atoms with Gasteiger partial charge < -0.3 is 10.2 Å². The van der Waals surface area contributed by atoms with Gasteiger partial charge in [-0.05, 0) is 0 Å². The molecule has 0 spiro atoms. The number of carboxylic acids is 1. The van der Waals surface area contributed by atoms with Crippen molar-refractivity contribution in [3.63, 3.8) is 0 Å². The summed E-state index contributed by atoms with van der Waals surface area (Å²) in [6, 6.07) is 0. The van der Waals surface area contributed by atoms with E-state index in [0.717, 1.165) is 0 Å². The summed E-state index contributed by atoms with van der Waals surface area (Å²) in [5.41, 5.74) is -3.38. The second kappa shape index (κ2) is 4.48. The molecule has 0 saturated heterocycles. The zero-order valence-corrected chi connectivity index (χ0v) is 8.45. The summed E-state index contributed by atoms with van der Waals surface area (Å²) < 4.78 is 62.8. The van der Waals surface area contributed by atoms with Crippen molar-refractivity contribution >= 4 is 5.97 Å². The van der Waals surface area contributed by atoms with Crippen LogP contribution >= 0.6 is 0 Å². The molecule has 1 aromatic heterocycles. The lowest BCUT2D eigenvalue weighted by atomic mass is 10.3. The Kier molecular flexibility index (Phi) is 3.55. The first-order chi connectivity index (χ1) is 8.08. The van der Waals surface area contributed by atoms with Crippen molar-refractivity contribution in [2.45, 2.75) is 18.6 Å². The summed E-state index contributed by atoms with van der Waals surface area (Å²) in [5, 5.41) is 22.1. The summed E-state index contributed by atoms with van der Waals surface area (Å²) in [5.74, 6) is -5.91. The van der Waals surface area contributed by atoms with Crippen LogP contribution in [0.4, 0.5) is 22.0 Å². The number of aliphatic hydroxyl groups is 1. The number of rotatable bonds is 4. The molecule has 0 fully saturated rings. The highest BCUT2D eigenvalue weighted by atomic mass is 19.4. The van der Waals surface area contributed by atoms with E-state index in [9.17, 15) is 26.7 Å². The molecule has 1 rings (SSSR count). The minimum atomic E-state index is -5.21. The molecule has 11 heteroatoms. The maximum Gasteiger partial charge on any atom is 0.435 e. The lowest BCUT2D eigenvalue weighted by molar-refractivity contribution is -0.148. The van der Waals surface area contributed by atoms with E-state index < -0.39 is 42.6 Å². The van der Waals surface area contributed by atoms with Crippen LogP contribution in [0.15, 0.2) is 0 Å². The normalized spacial score (nSPS) is 12.8. The minimum absolute atomic E-state index is 0.292. The van der Waals surface area contributed by atoms with E-state index in [1.807, 2.05) is 0 Å². The van der Waals surface area contributed by atoms with Gasteiger partial charge in [0.05, 0.1) is 0 Å². The highest BCUT2D eigenvalue weighted by Crippen LogP contribution is 2.32. The SMILES string of the molecule is O=C(O)c1nnn(CC(F)(F)CO)c1C(F)(F)F. The van der Waals surface area contributed by atoms with Crippen molar-refractivity contribution < 1.29 is 37.0 Å². The van der Waals surface area contributed by atoms with Crippen LogP contribution in [0.5, 0.6) is 0 Å². The lowest BCUT2D eigenvalue weighted by Crippen LogP contribution is -2.31. The Balaban J connectivity index is 3.26. The monoisotopic (exact) mass is 275 g/mol. The number of hydrogen-bond donors (Lipinski definition) is 2. The van der Waals surface area contributed by atoms with E-state index in [4.69, 9.17) is 10.2 Å². The first kappa shape index (κ1) is 14.3. The smallest absolute Gasteiger partial charge is 0.435 e. The zero-order chi connectivity index (χ0) is 14.1. The predicted molar refractivity (Wildman–Crippen MR) is 44.0 cm³/mol. The molecule has 0 radical (unpaired) electrons. The maximum absolute atomic E-state index is 12.8. The molecule has 0 aromatic carbocycles. The third-order valence-corrected chi connectivity index (χ3v) is 1.82. The summed E-state index contributed by atoms with van der Waals surface area (Å²) in [6.07, 6.45) is -5.21. The Morgan fingerprint density at radius 1 is 1.28 bits per heavy atom. The zero-order valence-electron chi connectivity index (χ0n) is 8.45. The fourth-order valence-corrected chi connectivity index (χ4v) is 1.12. The maximum atomic E-state index is 12.8. The first-order valence-corrected chi connectivity index (χ1v) is 4.31. The molecule has 1 aromatic rings. The van der Waals surface area contributed by atoms with Gasteiger partial charge in [0.2, 0.25) is 5.69 Å². The van der Waals surface area contributed by atoms with Crippen molar-refractivity contribution in [1.29, 1.82) is 0 Å². The number of aliphatic hydroxyl groups excluding tert-OH is 1. The molecule has 0 aliphatic carbocycles. The Morgan fingerprint density at radius 3 is 2.22 bits per heavy atom. The van der Waals surface area contributed by atoms with Crippen LogP contribution in [0.3, 0.4) is 0 Å². The van der Waals surface area contributed by atoms with Gasteiger partial charge in [-0.2, -0.15) is 13.2 Å². The number of carboxylic acid groups (broad SMARTS) is 1. The highest BCUT2D eigenvalue weighted by molar-refractivity contribution is 5.86. The molecule has 0 amide bonds. The molecular weight excluding hydrogens is 269 g/mol. The largest absolute Gasteiger partial charge is 0.476 e. The molecule has 18 heavy (non-hydrogen) atoms. The van der Waals surface area contributed by atoms with Gasteiger partial charge in [-0.25, -0.2) is 18.3 Å². The van der Waals surface area contributed by atoms with Crippen molar-refractivity contribution in [2.24, 2.45) is 0 Å². The van der Waals surface area contributed by atoms with Gasteiger partial charge in [-0.3, -0.25) is 0 Å². The van der Waals surface area contributed by atoms with Crippen molar-refractivity contribution in [3.8, 4) is 0 Å². The van der Waals surface area contributed by atoms with Gasteiger partial charge in [0.15, 0.2) is 5.69 Å². The first-order valence-electron chi connectivity index (χ1n) is 4.31. The van der Waals surface area contributed by atoms with E-state index in [0.29, 0.717) is 0 Å². The molecular formula is C7H6F5N3O3. The number of nitrogens with zero attached hydrogens (tertiary/aromatic N) is 3. The van der Waals surface area contributed by atoms with Gasteiger partial charge >= 0.3 is 12.1 Å². The van der Waals surface area contributed by atoms with Crippen molar-refractivity contribution in [2.75, 3.05) is 6.61 Å². The molecule has 0 saturated carbocycles.